The molecule has 0 amide bonds. The van der Waals surface area contributed by atoms with Crippen molar-refractivity contribution in [2.45, 2.75) is 63.2 Å². The van der Waals surface area contributed by atoms with Crippen LogP contribution in [0.25, 0.3) is 0 Å². The van der Waals surface area contributed by atoms with Crippen molar-refractivity contribution in [3.05, 3.63) is 140 Å². The Kier molecular flexibility index (Phi) is 8.34. The van der Waals surface area contributed by atoms with Crippen LogP contribution >= 0.6 is 23.2 Å². The van der Waals surface area contributed by atoms with E-state index in [0.717, 1.165) is 49.3 Å². The summed E-state index contributed by atoms with van der Waals surface area (Å²) in [4.78, 5) is 4.99. The van der Waals surface area contributed by atoms with Crippen LogP contribution < -0.4 is 0 Å². The third-order valence-electron chi connectivity index (χ3n) is 10.1. The van der Waals surface area contributed by atoms with E-state index in [1.165, 1.54) is 33.4 Å². The van der Waals surface area contributed by atoms with E-state index in [-0.39, 0.29) is 11.2 Å². The molecular formula is C38H40Cl2N2O2. The zero-order valence-corrected chi connectivity index (χ0v) is 27.0. The van der Waals surface area contributed by atoms with Gasteiger partial charge in [0, 0.05) is 61.1 Å². The zero-order valence-electron chi connectivity index (χ0n) is 25.5. The Morgan fingerprint density at radius 1 is 0.591 bits per heavy atom. The van der Waals surface area contributed by atoms with Gasteiger partial charge in [0.1, 0.15) is 0 Å². The maximum Gasteiger partial charge on any atom is 0.0866 e. The predicted molar refractivity (Wildman–Crippen MR) is 178 cm³/mol. The third kappa shape index (κ3) is 5.85. The van der Waals surface area contributed by atoms with E-state index in [1.807, 2.05) is 12.1 Å². The van der Waals surface area contributed by atoms with Crippen molar-refractivity contribution < 1.29 is 9.47 Å². The highest BCUT2D eigenvalue weighted by Crippen LogP contribution is 2.47. The molecule has 0 radical (unpaired) electrons. The van der Waals surface area contributed by atoms with Gasteiger partial charge in [0.2, 0.25) is 0 Å². The van der Waals surface area contributed by atoms with Crippen LogP contribution in [-0.4, -0.2) is 47.2 Å². The van der Waals surface area contributed by atoms with Crippen LogP contribution in [0.3, 0.4) is 0 Å². The lowest BCUT2D eigenvalue weighted by atomic mass is 9.81. The van der Waals surface area contributed by atoms with Crippen molar-refractivity contribution >= 4 is 23.2 Å². The first-order valence-corrected chi connectivity index (χ1v) is 16.4. The topological polar surface area (TPSA) is 24.9 Å². The minimum Gasteiger partial charge on any atom is -0.369 e. The molecule has 2 saturated heterocycles. The normalized spacial score (nSPS) is 27.5. The van der Waals surface area contributed by atoms with Crippen molar-refractivity contribution in [2.24, 2.45) is 0 Å². The summed E-state index contributed by atoms with van der Waals surface area (Å²) in [5.41, 5.74) is 7.60. The van der Waals surface area contributed by atoms with Crippen LogP contribution in [0.15, 0.2) is 97.1 Å². The van der Waals surface area contributed by atoms with Crippen LogP contribution in [0.2, 0.25) is 10.0 Å². The molecule has 0 bridgehead atoms. The molecule has 228 valence electrons. The Bertz CT molecular complexity index is 1500. The van der Waals surface area contributed by atoms with E-state index in [0.29, 0.717) is 25.0 Å². The van der Waals surface area contributed by atoms with Crippen LogP contribution in [0, 0.1) is 0 Å². The summed E-state index contributed by atoms with van der Waals surface area (Å²) < 4.78 is 12.5. The lowest BCUT2D eigenvalue weighted by Gasteiger charge is -2.37. The minimum atomic E-state index is -0.105. The van der Waals surface area contributed by atoms with Gasteiger partial charge in [0.05, 0.1) is 24.4 Å². The Morgan fingerprint density at radius 3 is 1.41 bits per heavy atom. The van der Waals surface area contributed by atoms with Gasteiger partial charge < -0.3 is 9.47 Å². The largest absolute Gasteiger partial charge is 0.369 e. The van der Waals surface area contributed by atoms with Crippen LogP contribution in [-0.2, 0) is 35.8 Å². The molecule has 0 unspecified atom stereocenters. The fourth-order valence-corrected chi connectivity index (χ4v) is 8.27. The fourth-order valence-electron chi connectivity index (χ4n) is 7.79. The number of benzene rings is 4. The highest BCUT2D eigenvalue weighted by molar-refractivity contribution is 6.31. The summed E-state index contributed by atoms with van der Waals surface area (Å²) in [6.07, 6.45) is 0. The Morgan fingerprint density at radius 2 is 1.00 bits per heavy atom. The molecular weight excluding hydrogens is 587 g/mol. The summed E-state index contributed by atoms with van der Waals surface area (Å²) in [7, 11) is 0. The number of hydrogen-bond donors (Lipinski definition) is 0. The Hall–Kier alpha value is -2.70. The van der Waals surface area contributed by atoms with Gasteiger partial charge >= 0.3 is 0 Å². The van der Waals surface area contributed by atoms with E-state index in [9.17, 15) is 0 Å². The first-order valence-electron chi connectivity index (χ1n) is 15.7. The average Bonchev–Trinajstić information content (AvgIpc) is 3.54. The predicted octanol–water partition coefficient (Wildman–Crippen LogP) is 8.46. The SMILES string of the molecule is C[C@]12CN(Cc3ccccc3)C[C@@H]1c1cccc(Cl)c1CO2.C[C@]12CN(Cc3ccccc3)C[C@H]1c1cccc(Cl)c1CO2. The van der Waals surface area contributed by atoms with Crippen molar-refractivity contribution in [2.75, 3.05) is 26.2 Å². The van der Waals surface area contributed by atoms with Gasteiger partial charge in [-0.1, -0.05) is 108 Å². The second kappa shape index (κ2) is 12.2. The van der Waals surface area contributed by atoms with E-state index in [1.54, 1.807) is 0 Å². The molecule has 0 aliphatic carbocycles. The van der Waals surface area contributed by atoms with Crippen molar-refractivity contribution in [3.8, 4) is 0 Å². The Balaban J connectivity index is 0.000000142. The van der Waals surface area contributed by atoms with E-state index < -0.39 is 0 Å². The van der Waals surface area contributed by atoms with Crippen molar-refractivity contribution in [1.29, 1.82) is 0 Å². The van der Waals surface area contributed by atoms with E-state index in [2.05, 4.69) is 109 Å². The molecule has 4 atom stereocenters. The summed E-state index contributed by atoms with van der Waals surface area (Å²) in [6.45, 7) is 11.7. The number of rotatable bonds is 4. The molecule has 6 heteroatoms. The number of hydrogen-bond acceptors (Lipinski definition) is 4. The van der Waals surface area contributed by atoms with Crippen molar-refractivity contribution in [1.82, 2.24) is 9.80 Å². The highest BCUT2D eigenvalue weighted by Gasteiger charge is 2.49. The van der Waals surface area contributed by atoms with Gasteiger partial charge in [-0.15, -0.1) is 0 Å². The number of nitrogens with zero attached hydrogens (tertiary/aromatic N) is 2. The number of ether oxygens (including phenoxy) is 2. The monoisotopic (exact) mass is 626 g/mol. The van der Waals surface area contributed by atoms with Gasteiger partial charge in [-0.3, -0.25) is 9.80 Å². The summed E-state index contributed by atoms with van der Waals surface area (Å²) in [5, 5.41) is 1.67. The van der Waals surface area contributed by atoms with Crippen molar-refractivity contribution in [3.63, 3.8) is 0 Å². The Labute approximate surface area is 271 Å². The van der Waals surface area contributed by atoms with Crippen LogP contribution in [0.5, 0.6) is 0 Å². The molecule has 0 aromatic heterocycles. The van der Waals surface area contributed by atoms with E-state index in [4.69, 9.17) is 32.7 Å². The lowest BCUT2D eigenvalue weighted by molar-refractivity contribution is -0.0569. The van der Waals surface area contributed by atoms with Gasteiger partial charge in [-0.05, 0) is 59.4 Å². The minimum absolute atomic E-state index is 0.105. The number of likely N-dealkylation sites (tertiary alicyclic amines) is 2. The maximum absolute atomic E-state index is 6.35. The average molecular weight is 628 g/mol. The first kappa shape index (κ1) is 30.0. The first-order chi connectivity index (χ1) is 21.3. The molecule has 4 nitrogen and oxygen atoms in total. The number of halogens is 2. The molecule has 4 heterocycles. The molecule has 4 aliphatic heterocycles. The quantitative estimate of drug-likeness (QED) is 0.227. The smallest absolute Gasteiger partial charge is 0.0866 e. The highest BCUT2D eigenvalue weighted by atomic mass is 35.5. The summed E-state index contributed by atoms with van der Waals surface area (Å²) in [5.74, 6) is 0.803. The van der Waals surface area contributed by atoms with Gasteiger partial charge in [0.25, 0.3) is 0 Å². The summed E-state index contributed by atoms with van der Waals surface area (Å²) in [6, 6.07) is 33.8. The van der Waals surface area contributed by atoms with Crippen LogP contribution in [0.1, 0.15) is 59.1 Å². The van der Waals surface area contributed by atoms with Gasteiger partial charge in [0.15, 0.2) is 0 Å². The molecule has 0 spiro atoms. The maximum atomic E-state index is 6.35. The standard InChI is InChI=1S/2C19H20ClNO/c2*1-19-13-21(10-14-6-3-2-4-7-14)11-17(19)15-8-5-9-18(20)16(15)12-22-19/h2*2-9,17H,10-13H2,1H3/t17-,19+;17-,19-/m10/s1. The fraction of sp³-hybridized carbons (Fsp3) is 0.368. The van der Waals surface area contributed by atoms with Gasteiger partial charge in [-0.25, -0.2) is 0 Å². The summed E-state index contributed by atoms with van der Waals surface area (Å²) >= 11 is 12.7. The third-order valence-corrected chi connectivity index (χ3v) is 10.8. The second-order valence-corrected chi connectivity index (χ2v) is 14.0. The van der Waals surface area contributed by atoms with E-state index >= 15 is 0 Å². The zero-order chi connectivity index (χ0) is 30.3. The number of fused-ring (bicyclic) bond motifs is 6. The molecule has 0 N–H and O–H groups in total. The molecule has 2 fully saturated rings. The van der Waals surface area contributed by atoms with Gasteiger partial charge in [-0.2, -0.15) is 0 Å². The molecule has 0 saturated carbocycles. The molecule has 8 rings (SSSR count). The molecule has 44 heavy (non-hydrogen) atoms. The molecule has 4 aliphatic rings. The molecule has 4 aromatic rings. The lowest BCUT2D eigenvalue weighted by Crippen LogP contribution is -2.40. The second-order valence-electron chi connectivity index (χ2n) is 13.2. The molecule has 4 aromatic carbocycles. The van der Waals surface area contributed by atoms with Crippen LogP contribution in [0.4, 0.5) is 0 Å².